The maximum atomic E-state index is 10.9. The number of benzene rings is 1. The zero-order valence-corrected chi connectivity index (χ0v) is 11.3. The first kappa shape index (κ1) is 14.7. The van der Waals surface area contributed by atoms with E-state index < -0.39 is 12.0 Å². The van der Waals surface area contributed by atoms with Gasteiger partial charge in [0.25, 0.3) is 0 Å². The third kappa shape index (κ3) is 4.88. The minimum absolute atomic E-state index is 0.396. The number of aliphatic carboxylic acids is 1. The van der Waals surface area contributed by atoms with Crippen molar-refractivity contribution in [2.75, 3.05) is 6.54 Å². The van der Waals surface area contributed by atoms with Crippen molar-refractivity contribution >= 4 is 5.97 Å². The van der Waals surface area contributed by atoms with E-state index >= 15 is 0 Å². The Balaban J connectivity index is 2.30. The van der Waals surface area contributed by atoms with E-state index in [-0.39, 0.29) is 0 Å². The molecule has 2 N–H and O–H groups in total. The Morgan fingerprint density at radius 1 is 1.39 bits per heavy atom. The number of rotatable bonds is 8. The van der Waals surface area contributed by atoms with Crippen molar-refractivity contribution in [3.05, 3.63) is 35.4 Å². The number of carbonyl (C=O) groups is 1. The van der Waals surface area contributed by atoms with E-state index in [0.717, 1.165) is 25.8 Å². The van der Waals surface area contributed by atoms with E-state index in [9.17, 15) is 4.79 Å². The quantitative estimate of drug-likeness (QED) is 0.696. The summed E-state index contributed by atoms with van der Waals surface area (Å²) in [5.41, 5.74) is 2.66. The average Bonchev–Trinajstić information content (AvgIpc) is 2.35. The van der Waals surface area contributed by atoms with Crippen molar-refractivity contribution in [3.63, 3.8) is 0 Å². The molecule has 0 aromatic heterocycles. The molecule has 0 amide bonds. The number of hydrogen-bond donors (Lipinski definition) is 2. The molecule has 0 aliphatic carbocycles. The summed E-state index contributed by atoms with van der Waals surface area (Å²) in [5, 5.41) is 12.1. The van der Waals surface area contributed by atoms with Gasteiger partial charge in [-0.05, 0) is 43.9 Å². The lowest BCUT2D eigenvalue weighted by Gasteiger charge is -2.13. The van der Waals surface area contributed by atoms with Crippen LogP contribution in [-0.2, 0) is 11.2 Å². The smallest absolute Gasteiger partial charge is 0.320 e. The number of nitrogens with one attached hydrogen (secondary N) is 1. The van der Waals surface area contributed by atoms with Crippen LogP contribution in [0.5, 0.6) is 0 Å². The van der Waals surface area contributed by atoms with E-state index in [1.807, 2.05) is 19.1 Å². The SMILES string of the molecule is CCCC(NCCCc1ccccc1C)C(=O)O. The summed E-state index contributed by atoms with van der Waals surface area (Å²) in [7, 11) is 0. The van der Waals surface area contributed by atoms with Crippen LogP contribution in [-0.4, -0.2) is 23.7 Å². The second kappa shape index (κ2) is 7.88. The topological polar surface area (TPSA) is 49.3 Å². The molecular weight excluding hydrogens is 226 g/mol. The van der Waals surface area contributed by atoms with Gasteiger partial charge in [0.15, 0.2) is 0 Å². The van der Waals surface area contributed by atoms with Crippen LogP contribution in [0.3, 0.4) is 0 Å². The minimum Gasteiger partial charge on any atom is -0.480 e. The lowest BCUT2D eigenvalue weighted by atomic mass is 10.0. The molecule has 0 spiro atoms. The first-order chi connectivity index (χ1) is 8.65. The fourth-order valence-corrected chi connectivity index (χ4v) is 2.05. The molecule has 0 heterocycles. The Bertz CT molecular complexity index is 377. The Morgan fingerprint density at radius 2 is 2.11 bits per heavy atom. The predicted octanol–water partition coefficient (Wildman–Crippen LogP) is 2.77. The molecule has 0 aliphatic rings. The highest BCUT2D eigenvalue weighted by molar-refractivity contribution is 5.73. The van der Waals surface area contributed by atoms with Crippen molar-refractivity contribution in [1.29, 1.82) is 0 Å². The first-order valence-corrected chi connectivity index (χ1v) is 6.65. The summed E-state index contributed by atoms with van der Waals surface area (Å²) >= 11 is 0. The van der Waals surface area contributed by atoms with Gasteiger partial charge in [-0.25, -0.2) is 0 Å². The Kier molecular flexibility index (Phi) is 6.44. The monoisotopic (exact) mass is 249 g/mol. The molecule has 3 heteroatoms. The molecule has 1 rings (SSSR count). The molecule has 1 aromatic carbocycles. The van der Waals surface area contributed by atoms with E-state index in [0.29, 0.717) is 6.42 Å². The molecule has 0 saturated heterocycles. The third-order valence-corrected chi connectivity index (χ3v) is 3.15. The zero-order valence-electron chi connectivity index (χ0n) is 11.3. The number of aryl methyl sites for hydroxylation is 2. The van der Waals surface area contributed by atoms with Crippen LogP contribution in [0, 0.1) is 6.92 Å². The molecule has 0 saturated carbocycles. The lowest BCUT2D eigenvalue weighted by molar-refractivity contribution is -0.139. The van der Waals surface area contributed by atoms with Gasteiger partial charge in [-0.15, -0.1) is 0 Å². The maximum Gasteiger partial charge on any atom is 0.320 e. The van der Waals surface area contributed by atoms with Gasteiger partial charge in [0.05, 0.1) is 0 Å². The Morgan fingerprint density at radius 3 is 2.72 bits per heavy atom. The number of hydrogen-bond acceptors (Lipinski definition) is 2. The van der Waals surface area contributed by atoms with Crippen molar-refractivity contribution in [2.45, 2.75) is 45.6 Å². The van der Waals surface area contributed by atoms with E-state index in [2.05, 4.69) is 24.4 Å². The molecule has 100 valence electrons. The molecule has 0 radical (unpaired) electrons. The Hall–Kier alpha value is -1.35. The van der Waals surface area contributed by atoms with Gasteiger partial charge in [-0.3, -0.25) is 4.79 Å². The van der Waals surface area contributed by atoms with Crippen LogP contribution in [0.1, 0.15) is 37.3 Å². The van der Waals surface area contributed by atoms with Gasteiger partial charge in [-0.1, -0.05) is 37.6 Å². The van der Waals surface area contributed by atoms with Gasteiger partial charge in [-0.2, -0.15) is 0 Å². The minimum atomic E-state index is -0.743. The van der Waals surface area contributed by atoms with Crippen LogP contribution in [0.4, 0.5) is 0 Å². The van der Waals surface area contributed by atoms with E-state index in [1.54, 1.807) is 0 Å². The van der Waals surface area contributed by atoms with Crippen molar-refractivity contribution < 1.29 is 9.90 Å². The molecular formula is C15H23NO2. The molecule has 0 fully saturated rings. The van der Waals surface area contributed by atoms with Gasteiger partial charge >= 0.3 is 5.97 Å². The van der Waals surface area contributed by atoms with Crippen molar-refractivity contribution in [1.82, 2.24) is 5.32 Å². The van der Waals surface area contributed by atoms with E-state index in [4.69, 9.17) is 5.11 Å². The first-order valence-electron chi connectivity index (χ1n) is 6.65. The summed E-state index contributed by atoms with van der Waals surface area (Å²) in [5.74, 6) is -0.743. The van der Waals surface area contributed by atoms with E-state index in [1.165, 1.54) is 11.1 Å². The highest BCUT2D eigenvalue weighted by Gasteiger charge is 2.14. The molecule has 0 aliphatic heterocycles. The second-order valence-electron chi connectivity index (χ2n) is 4.66. The molecule has 0 bridgehead atoms. The third-order valence-electron chi connectivity index (χ3n) is 3.15. The van der Waals surface area contributed by atoms with Crippen LogP contribution in [0.15, 0.2) is 24.3 Å². The van der Waals surface area contributed by atoms with Crippen molar-refractivity contribution in [3.8, 4) is 0 Å². The van der Waals surface area contributed by atoms with Crippen molar-refractivity contribution in [2.24, 2.45) is 0 Å². The summed E-state index contributed by atoms with van der Waals surface area (Å²) in [6.45, 7) is 4.87. The standard InChI is InChI=1S/C15H23NO2/c1-3-7-14(15(17)18)16-11-6-10-13-9-5-4-8-12(13)2/h4-5,8-9,14,16H,3,6-7,10-11H2,1-2H3,(H,17,18). The fourth-order valence-electron chi connectivity index (χ4n) is 2.05. The van der Waals surface area contributed by atoms with Crippen LogP contribution >= 0.6 is 0 Å². The highest BCUT2D eigenvalue weighted by atomic mass is 16.4. The summed E-state index contributed by atoms with van der Waals surface area (Å²) in [6.07, 6.45) is 3.55. The number of carboxylic acids is 1. The summed E-state index contributed by atoms with van der Waals surface area (Å²) in [4.78, 5) is 10.9. The predicted molar refractivity (Wildman–Crippen MR) is 73.8 cm³/mol. The van der Waals surface area contributed by atoms with Gasteiger partial charge in [0.2, 0.25) is 0 Å². The second-order valence-corrected chi connectivity index (χ2v) is 4.66. The lowest BCUT2D eigenvalue weighted by Crippen LogP contribution is -2.37. The van der Waals surface area contributed by atoms with Crippen LogP contribution in [0.2, 0.25) is 0 Å². The number of carboxylic acid groups (broad SMARTS) is 1. The zero-order chi connectivity index (χ0) is 13.4. The molecule has 18 heavy (non-hydrogen) atoms. The summed E-state index contributed by atoms with van der Waals surface area (Å²) in [6, 6.07) is 7.94. The fraction of sp³-hybridized carbons (Fsp3) is 0.533. The van der Waals surface area contributed by atoms with Gasteiger partial charge in [0.1, 0.15) is 6.04 Å². The average molecular weight is 249 g/mol. The summed E-state index contributed by atoms with van der Waals surface area (Å²) < 4.78 is 0. The normalized spacial score (nSPS) is 12.3. The largest absolute Gasteiger partial charge is 0.480 e. The van der Waals surface area contributed by atoms with Crippen LogP contribution < -0.4 is 5.32 Å². The molecule has 1 aromatic rings. The van der Waals surface area contributed by atoms with Crippen LogP contribution in [0.25, 0.3) is 0 Å². The Labute approximate surface area is 109 Å². The highest BCUT2D eigenvalue weighted by Crippen LogP contribution is 2.09. The van der Waals surface area contributed by atoms with Gasteiger partial charge in [0, 0.05) is 0 Å². The molecule has 3 nitrogen and oxygen atoms in total. The maximum absolute atomic E-state index is 10.9. The molecule has 1 unspecified atom stereocenters. The van der Waals surface area contributed by atoms with Gasteiger partial charge < -0.3 is 10.4 Å². The molecule has 1 atom stereocenters.